The van der Waals surface area contributed by atoms with E-state index in [-0.39, 0.29) is 23.5 Å². The van der Waals surface area contributed by atoms with Crippen LogP contribution in [0.4, 0.5) is 4.79 Å². The van der Waals surface area contributed by atoms with Crippen LogP contribution in [0.2, 0.25) is 0 Å². The highest BCUT2D eigenvalue weighted by atomic mass is 32.2. The van der Waals surface area contributed by atoms with E-state index in [0.29, 0.717) is 24.8 Å². The Hall–Kier alpha value is -0.950. The lowest BCUT2D eigenvalue weighted by Gasteiger charge is -2.29. The van der Waals surface area contributed by atoms with E-state index in [1.807, 2.05) is 11.8 Å². The SMILES string of the molecule is C[C@]12NC(=O)N[C@H]1CS[C@H]2CCCCC(=O)NCCCN. The second-order valence-corrected chi connectivity index (χ2v) is 7.23. The molecule has 2 heterocycles. The number of thioether (sulfide) groups is 1. The zero-order chi connectivity index (χ0) is 15.3. The normalized spacial score (nSPS) is 30.7. The first-order valence-corrected chi connectivity index (χ1v) is 8.78. The Kier molecular flexibility index (Phi) is 5.75. The van der Waals surface area contributed by atoms with Crippen LogP contribution >= 0.6 is 11.8 Å². The van der Waals surface area contributed by atoms with E-state index in [9.17, 15) is 9.59 Å². The van der Waals surface area contributed by atoms with Crippen LogP contribution in [0.5, 0.6) is 0 Å². The van der Waals surface area contributed by atoms with Gasteiger partial charge in [-0.05, 0) is 32.7 Å². The summed E-state index contributed by atoms with van der Waals surface area (Å²) in [5.74, 6) is 1.09. The number of hydrogen-bond donors (Lipinski definition) is 4. The van der Waals surface area contributed by atoms with E-state index in [1.54, 1.807) is 0 Å². The maximum absolute atomic E-state index is 11.6. The van der Waals surface area contributed by atoms with Crippen molar-refractivity contribution in [2.75, 3.05) is 18.8 Å². The summed E-state index contributed by atoms with van der Waals surface area (Å²) < 4.78 is 0. The summed E-state index contributed by atoms with van der Waals surface area (Å²) in [6, 6.07) is 0.187. The number of rotatable bonds is 8. The monoisotopic (exact) mass is 314 g/mol. The van der Waals surface area contributed by atoms with Crippen LogP contribution in [-0.4, -0.2) is 47.6 Å². The molecule has 0 unspecified atom stereocenters. The molecule has 7 heteroatoms. The molecular formula is C14H26N4O2S. The number of carbonyl (C=O) groups is 2. The van der Waals surface area contributed by atoms with E-state index < -0.39 is 0 Å². The fourth-order valence-corrected chi connectivity index (χ4v) is 4.75. The lowest BCUT2D eigenvalue weighted by molar-refractivity contribution is -0.121. The molecule has 0 saturated carbocycles. The van der Waals surface area contributed by atoms with Gasteiger partial charge in [-0.15, -0.1) is 0 Å². The molecule has 2 fully saturated rings. The molecule has 3 amide bonds. The van der Waals surface area contributed by atoms with E-state index in [4.69, 9.17) is 5.73 Å². The van der Waals surface area contributed by atoms with Crippen LogP contribution in [0.25, 0.3) is 0 Å². The second-order valence-electron chi connectivity index (χ2n) is 5.99. The average molecular weight is 314 g/mol. The van der Waals surface area contributed by atoms with Crippen molar-refractivity contribution in [2.24, 2.45) is 5.73 Å². The molecule has 5 N–H and O–H groups in total. The molecule has 21 heavy (non-hydrogen) atoms. The molecule has 0 aromatic carbocycles. The molecule has 2 aliphatic heterocycles. The average Bonchev–Trinajstić information content (AvgIpc) is 2.87. The summed E-state index contributed by atoms with van der Waals surface area (Å²) in [6.45, 7) is 3.41. The van der Waals surface area contributed by atoms with Gasteiger partial charge in [0.2, 0.25) is 5.91 Å². The first-order chi connectivity index (χ1) is 10.1. The van der Waals surface area contributed by atoms with Crippen LogP contribution in [-0.2, 0) is 4.79 Å². The lowest BCUT2D eigenvalue weighted by Crippen LogP contribution is -2.50. The number of urea groups is 1. The highest BCUT2D eigenvalue weighted by Crippen LogP contribution is 2.40. The van der Waals surface area contributed by atoms with Gasteiger partial charge in [0.1, 0.15) is 0 Å². The maximum atomic E-state index is 11.6. The van der Waals surface area contributed by atoms with Crippen LogP contribution < -0.4 is 21.7 Å². The van der Waals surface area contributed by atoms with Gasteiger partial charge in [0.25, 0.3) is 0 Å². The van der Waals surface area contributed by atoms with Gasteiger partial charge in [-0.2, -0.15) is 11.8 Å². The summed E-state index contributed by atoms with van der Waals surface area (Å²) in [5, 5.41) is 9.35. The molecule has 2 aliphatic rings. The molecule has 2 saturated heterocycles. The Morgan fingerprint density at radius 1 is 1.48 bits per heavy atom. The molecular weight excluding hydrogens is 288 g/mol. The second kappa shape index (κ2) is 7.35. The third-order valence-corrected chi connectivity index (χ3v) is 6.02. The predicted octanol–water partition coefficient (Wildman–Crippen LogP) is 0.567. The van der Waals surface area contributed by atoms with Gasteiger partial charge in [-0.3, -0.25) is 4.79 Å². The summed E-state index contributed by atoms with van der Waals surface area (Å²) >= 11 is 1.92. The van der Waals surface area contributed by atoms with Crippen molar-refractivity contribution >= 4 is 23.7 Å². The minimum absolute atomic E-state index is 0.0490. The number of fused-ring (bicyclic) bond motifs is 1. The minimum atomic E-state index is -0.134. The zero-order valence-corrected chi connectivity index (χ0v) is 13.4. The summed E-state index contributed by atoms with van der Waals surface area (Å²) in [7, 11) is 0. The summed E-state index contributed by atoms with van der Waals surface area (Å²) in [4.78, 5) is 23.0. The largest absolute Gasteiger partial charge is 0.356 e. The quantitative estimate of drug-likeness (QED) is 0.389. The number of unbranched alkanes of at least 4 members (excludes halogenated alkanes) is 1. The maximum Gasteiger partial charge on any atom is 0.315 e. The molecule has 0 aliphatic carbocycles. The van der Waals surface area contributed by atoms with Crippen molar-refractivity contribution in [1.29, 1.82) is 0 Å². The van der Waals surface area contributed by atoms with E-state index in [2.05, 4.69) is 22.9 Å². The molecule has 0 spiro atoms. The van der Waals surface area contributed by atoms with Crippen molar-refractivity contribution in [3.8, 4) is 0 Å². The molecule has 0 aromatic heterocycles. The summed E-state index contributed by atoms with van der Waals surface area (Å²) in [5.41, 5.74) is 5.25. The van der Waals surface area contributed by atoms with Gasteiger partial charge in [-0.1, -0.05) is 6.42 Å². The van der Waals surface area contributed by atoms with Crippen molar-refractivity contribution in [3.05, 3.63) is 0 Å². The first-order valence-electron chi connectivity index (χ1n) is 7.73. The van der Waals surface area contributed by atoms with Gasteiger partial charge < -0.3 is 21.7 Å². The molecule has 6 nitrogen and oxygen atoms in total. The Morgan fingerprint density at radius 2 is 2.29 bits per heavy atom. The van der Waals surface area contributed by atoms with Crippen molar-refractivity contribution in [3.63, 3.8) is 0 Å². The highest BCUT2D eigenvalue weighted by molar-refractivity contribution is 8.00. The lowest BCUT2D eigenvalue weighted by atomic mass is 9.88. The van der Waals surface area contributed by atoms with Crippen LogP contribution in [0.15, 0.2) is 0 Å². The predicted molar refractivity (Wildman–Crippen MR) is 85.3 cm³/mol. The molecule has 2 rings (SSSR count). The number of amides is 3. The van der Waals surface area contributed by atoms with Gasteiger partial charge in [-0.25, -0.2) is 4.79 Å². The topological polar surface area (TPSA) is 96.2 Å². The smallest absolute Gasteiger partial charge is 0.315 e. The Labute approximate surface area is 130 Å². The Bertz CT molecular complexity index is 393. The van der Waals surface area contributed by atoms with Gasteiger partial charge in [0.15, 0.2) is 0 Å². The van der Waals surface area contributed by atoms with Gasteiger partial charge in [0.05, 0.1) is 11.6 Å². The minimum Gasteiger partial charge on any atom is -0.356 e. The molecule has 0 radical (unpaired) electrons. The Balaban J connectivity index is 1.63. The van der Waals surface area contributed by atoms with Crippen LogP contribution in [0.1, 0.15) is 39.0 Å². The first kappa shape index (κ1) is 16.4. The molecule has 120 valence electrons. The number of nitrogens with one attached hydrogen (secondary N) is 3. The number of carbonyl (C=O) groups excluding carboxylic acids is 2. The van der Waals surface area contributed by atoms with Crippen molar-refractivity contribution < 1.29 is 9.59 Å². The Morgan fingerprint density at radius 3 is 3.05 bits per heavy atom. The van der Waals surface area contributed by atoms with Crippen molar-refractivity contribution in [1.82, 2.24) is 16.0 Å². The third kappa shape index (κ3) is 4.03. The molecule has 0 bridgehead atoms. The fourth-order valence-electron chi connectivity index (χ4n) is 3.00. The van der Waals surface area contributed by atoms with Crippen LogP contribution in [0.3, 0.4) is 0 Å². The highest BCUT2D eigenvalue weighted by Gasteiger charge is 2.52. The van der Waals surface area contributed by atoms with Gasteiger partial charge >= 0.3 is 6.03 Å². The van der Waals surface area contributed by atoms with E-state index in [1.165, 1.54) is 0 Å². The number of nitrogens with two attached hydrogens (primary N) is 1. The number of hydrogen-bond acceptors (Lipinski definition) is 4. The summed E-state index contributed by atoms with van der Waals surface area (Å²) in [6.07, 6.45) is 4.35. The molecule has 3 atom stereocenters. The molecule has 0 aromatic rings. The van der Waals surface area contributed by atoms with Gasteiger partial charge in [0, 0.05) is 24.0 Å². The van der Waals surface area contributed by atoms with Crippen LogP contribution in [0, 0.1) is 0 Å². The third-order valence-electron chi connectivity index (χ3n) is 4.37. The van der Waals surface area contributed by atoms with E-state index >= 15 is 0 Å². The van der Waals surface area contributed by atoms with E-state index in [0.717, 1.165) is 31.4 Å². The zero-order valence-electron chi connectivity index (χ0n) is 12.6. The standard InChI is InChI=1S/C14H26N4O2S/c1-14-10(17-13(20)18-14)9-21-11(14)5-2-3-6-12(19)16-8-4-7-15/h10-11H,2-9,15H2,1H3,(H,16,19)(H2,17,18,20)/t10-,11-,14-/m0/s1. The van der Waals surface area contributed by atoms with Crippen molar-refractivity contribution in [2.45, 2.75) is 55.9 Å². The fraction of sp³-hybridized carbons (Fsp3) is 0.857.